The minimum atomic E-state index is -0.187. The Hall–Kier alpha value is -1.80. The van der Waals surface area contributed by atoms with E-state index in [4.69, 9.17) is 5.84 Å². The number of hydrogen-bond acceptors (Lipinski definition) is 7. The molecule has 0 aliphatic heterocycles. The zero-order valence-electron chi connectivity index (χ0n) is 7.62. The summed E-state index contributed by atoms with van der Waals surface area (Å²) in [6, 6.07) is 3.02. The largest absolute Gasteiger partial charge is 0.313 e. The van der Waals surface area contributed by atoms with Crippen LogP contribution < -0.4 is 16.8 Å². The van der Waals surface area contributed by atoms with Gasteiger partial charge in [0.2, 0.25) is 0 Å². The van der Waals surface area contributed by atoms with Crippen LogP contribution in [0.1, 0.15) is 5.69 Å². The smallest absolute Gasteiger partial charge is 0.267 e. The lowest BCUT2D eigenvalue weighted by Crippen LogP contribution is -2.22. The minimum Gasteiger partial charge on any atom is -0.313 e. The van der Waals surface area contributed by atoms with Crippen molar-refractivity contribution >= 4 is 16.5 Å². The van der Waals surface area contributed by atoms with Crippen LogP contribution >= 0.6 is 11.5 Å². The van der Waals surface area contributed by atoms with Crippen LogP contribution in [0.4, 0.5) is 5.00 Å². The van der Waals surface area contributed by atoms with E-state index in [0.29, 0.717) is 10.7 Å². The molecule has 2 heterocycles. The van der Waals surface area contributed by atoms with Crippen molar-refractivity contribution in [3.8, 4) is 0 Å². The molecule has 0 saturated heterocycles. The second kappa shape index (κ2) is 4.15. The third-order valence-electron chi connectivity index (χ3n) is 1.77. The molecule has 3 N–H and O–H groups in total. The fourth-order valence-electron chi connectivity index (χ4n) is 1.07. The summed E-state index contributed by atoms with van der Waals surface area (Å²) in [5.41, 5.74) is 2.88. The van der Waals surface area contributed by atoms with E-state index in [9.17, 15) is 4.79 Å². The molecule has 0 atom stereocenters. The molecule has 0 aromatic carbocycles. The fourth-order valence-corrected chi connectivity index (χ4v) is 1.55. The average molecular weight is 224 g/mol. The Bertz CT molecular complexity index is 506. The molecule has 0 spiro atoms. The van der Waals surface area contributed by atoms with E-state index in [2.05, 4.69) is 20.1 Å². The molecule has 0 bridgehead atoms. The van der Waals surface area contributed by atoms with E-state index in [1.165, 1.54) is 16.9 Å². The van der Waals surface area contributed by atoms with Crippen molar-refractivity contribution in [2.45, 2.75) is 6.54 Å². The highest BCUT2D eigenvalue weighted by atomic mass is 32.1. The van der Waals surface area contributed by atoms with E-state index >= 15 is 0 Å². The third kappa shape index (κ3) is 2.00. The first-order chi connectivity index (χ1) is 7.31. The zero-order valence-corrected chi connectivity index (χ0v) is 8.44. The van der Waals surface area contributed by atoms with Crippen LogP contribution in [0.2, 0.25) is 0 Å². The van der Waals surface area contributed by atoms with E-state index in [0.717, 1.165) is 11.5 Å². The fraction of sp³-hybridized carbons (Fsp3) is 0.143. The molecule has 0 saturated carbocycles. The predicted molar refractivity (Wildman–Crippen MR) is 55.3 cm³/mol. The highest BCUT2D eigenvalue weighted by Gasteiger charge is 2.08. The van der Waals surface area contributed by atoms with Crippen molar-refractivity contribution in [1.29, 1.82) is 0 Å². The molecule has 7 nitrogen and oxygen atoms in total. The Morgan fingerprint density at radius 2 is 2.47 bits per heavy atom. The number of nitrogen functional groups attached to an aromatic ring is 1. The summed E-state index contributed by atoms with van der Waals surface area (Å²) in [5.74, 6) is 5.26. The second-order valence-corrected chi connectivity index (χ2v) is 3.47. The molecule has 2 aromatic heterocycles. The summed E-state index contributed by atoms with van der Waals surface area (Å²) in [6.07, 6.45) is 1.54. The van der Waals surface area contributed by atoms with Crippen LogP contribution in [0.25, 0.3) is 0 Å². The minimum absolute atomic E-state index is 0.187. The van der Waals surface area contributed by atoms with Gasteiger partial charge in [0.15, 0.2) is 0 Å². The monoisotopic (exact) mass is 224 g/mol. The summed E-state index contributed by atoms with van der Waals surface area (Å²) >= 11 is 1.13. The maximum Gasteiger partial charge on any atom is 0.267 e. The van der Waals surface area contributed by atoms with Gasteiger partial charge in [0.1, 0.15) is 10.7 Å². The lowest BCUT2D eigenvalue weighted by atomic mass is 10.4. The predicted octanol–water partition coefficient (Wildman–Crippen LogP) is -0.571. The summed E-state index contributed by atoms with van der Waals surface area (Å²) in [6.45, 7) is 0.260. The second-order valence-electron chi connectivity index (χ2n) is 2.71. The molecule has 0 aliphatic rings. The van der Waals surface area contributed by atoms with Crippen LogP contribution in [0.15, 0.2) is 23.1 Å². The Balaban J connectivity index is 2.30. The quantitative estimate of drug-likeness (QED) is 0.535. The summed E-state index contributed by atoms with van der Waals surface area (Å²) in [7, 11) is 0. The average Bonchev–Trinajstić information content (AvgIpc) is 2.69. The summed E-state index contributed by atoms with van der Waals surface area (Å²) in [5, 5.41) is 8.38. The number of hydrogen-bond donors (Lipinski definition) is 2. The number of aromatic nitrogens is 4. The molecule has 0 unspecified atom stereocenters. The van der Waals surface area contributed by atoms with Crippen molar-refractivity contribution in [2.75, 3.05) is 5.43 Å². The van der Waals surface area contributed by atoms with E-state index < -0.39 is 0 Å². The Kier molecular flexibility index (Phi) is 2.70. The topological polar surface area (TPSA) is 98.7 Å². The van der Waals surface area contributed by atoms with Gasteiger partial charge in [-0.3, -0.25) is 4.79 Å². The van der Waals surface area contributed by atoms with Crippen LogP contribution in [-0.2, 0) is 6.54 Å². The molecule has 0 fully saturated rings. The van der Waals surface area contributed by atoms with E-state index in [-0.39, 0.29) is 12.1 Å². The first-order valence-electron chi connectivity index (χ1n) is 4.11. The lowest BCUT2D eigenvalue weighted by molar-refractivity contribution is 0.627. The van der Waals surface area contributed by atoms with Crippen LogP contribution in [0.5, 0.6) is 0 Å². The number of anilines is 1. The number of nitrogens with one attached hydrogen (secondary N) is 1. The standard InChI is InChI=1S/C7H8N6OS/c8-10-7-5(11-12-15-7)4-13-6(14)2-1-3-9-13/h1-3,10H,4,8H2. The van der Waals surface area contributed by atoms with Gasteiger partial charge in [-0.25, -0.2) is 10.5 Å². The first kappa shape index (κ1) is 9.74. The van der Waals surface area contributed by atoms with Gasteiger partial charge >= 0.3 is 0 Å². The Morgan fingerprint density at radius 1 is 1.60 bits per heavy atom. The molecule has 2 rings (SSSR count). The molecule has 0 amide bonds. The molecule has 0 radical (unpaired) electrons. The Labute approximate surface area is 88.7 Å². The van der Waals surface area contributed by atoms with Gasteiger partial charge < -0.3 is 5.43 Å². The Morgan fingerprint density at radius 3 is 3.20 bits per heavy atom. The first-order valence-corrected chi connectivity index (χ1v) is 4.88. The van der Waals surface area contributed by atoms with E-state index in [1.807, 2.05) is 0 Å². The van der Waals surface area contributed by atoms with Crippen LogP contribution in [-0.4, -0.2) is 19.4 Å². The maximum atomic E-state index is 11.3. The highest BCUT2D eigenvalue weighted by molar-refractivity contribution is 7.10. The SMILES string of the molecule is NNc1snnc1Cn1ncccc1=O. The van der Waals surface area contributed by atoms with Gasteiger partial charge in [-0.1, -0.05) is 4.49 Å². The van der Waals surface area contributed by atoms with Crippen molar-refractivity contribution in [2.24, 2.45) is 5.84 Å². The summed E-state index contributed by atoms with van der Waals surface area (Å²) < 4.78 is 5.01. The van der Waals surface area contributed by atoms with E-state index in [1.54, 1.807) is 6.07 Å². The highest BCUT2D eigenvalue weighted by Crippen LogP contribution is 2.15. The van der Waals surface area contributed by atoms with Gasteiger partial charge in [-0.2, -0.15) is 5.10 Å². The van der Waals surface area contributed by atoms with Gasteiger partial charge in [0.05, 0.1) is 6.54 Å². The van der Waals surface area contributed by atoms with Crippen molar-refractivity contribution in [3.05, 3.63) is 34.4 Å². The molecular formula is C7H8N6OS. The molecular weight excluding hydrogens is 216 g/mol. The maximum absolute atomic E-state index is 11.3. The van der Waals surface area contributed by atoms with Gasteiger partial charge in [0, 0.05) is 23.8 Å². The van der Waals surface area contributed by atoms with Crippen molar-refractivity contribution in [1.82, 2.24) is 19.4 Å². The number of hydrazine groups is 1. The van der Waals surface area contributed by atoms with Crippen LogP contribution in [0.3, 0.4) is 0 Å². The van der Waals surface area contributed by atoms with Gasteiger partial charge in [-0.15, -0.1) is 5.10 Å². The van der Waals surface area contributed by atoms with Crippen molar-refractivity contribution < 1.29 is 0 Å². The zero-order chi connectivity index (χ0) is 10.7. The number of rotatable bonds is 3. The van der Waals surface area contributed by atoms with Gasteiger partial charge in [0.25, 0.3) is 5.56 Å². The summed E-state index contributed by atoms with van der Waals surface area (Å²) in [4.78, 5) is 11.3. The third-order valence-corrected chi connectivity index (χ3v) is 2.47. The molecule has 78 valence electrons. The molecule has 8 heteroatoms. The lowest BCUT2D eigenvalue weighted by Gasteiger charge is -2.01. The van der Waals surface area contributed by atoms with Crippen LogP contribution in [0, 0.1) is 0 Å². The van der Waals surface area contributed by atoms with Crippen molar-refractivity contribution in [3.63, 3.8) is 0 Å². The number of nitrogens with two attached hydrogens (primary N) is 1. The molecule has 0 aliphatic carbocycles. The van der Waals surface area contributed by atoms with Gasteiger partial charge in [-0.05, 0) is 6.07 Å². The normalized spacial score (nSPS) is 10.2. The number of nitrogens with zero attached hydrogens (tertiary/aromatic N) is 4. The molecule has 15 heavy (non-hydrogen) atoms. The molecule has 2 aromatic rings.